The molecule has 30 heavy (non-hydrogen) atoms. The quantitative estimate of drug-likeness (QED) is 0.510. The number of aromatic nitrogens is 3. The van der Waals surface area contributed by atoms with E-state index < -0.39 is 5.91 Å². The van der Waals surface area contributed by atoms with Gasteiger partial charge in [0.25, 0.3) is 11.5 Å². The van der Waals surface area contributed by atoms with Crippen LogP contribution in [-0.4, -0.2) is 40.4 Å². The Balaban J connectivity index is 1.78. The van der Waals surface area contributed by atoms with Crippen LogP contribution in [0.5, 0.6) is 5.75 Å². The standard InChI is InChI=1S/C22H22N4O4/c1-3-30-20-11-7-4-8-15(20)23-21(27)16-14-19-22(28)25(12-13-29-2)17-9-5-6-10-18(17)26(19)24-16/h4-11,14H,3,12-13H2,1-2H3,(H,23,27). The van der Waals surface area contributed by atoms with Crippen LogP contribution in [0.15, 0.2) is 59.4 Å². The van der Waals surface area contributed by atoms with Gasteiger partial charge in [-0.05, 0) is 31.2 Å². The minimum Gasteiger partial charge on any atom is -0.492 e. The first-order valence-electron chi connectivity index (χ1n) is 9.67. The van der Waals surface area contributed by atoms with Crippen LogP contribution in [0.25, 0.3) is 16.6 Å². The molecule has 4 aromatic rings. The lowest BCUT2D eigenvalue weighted by Gasteiger charge is -2.11. The first-order chi connectivity index (χ1) is 14.6. The monoisotopic (exact) mass is 406 g/mol. The molecule has 4 rings (SSSR count). The van der Waals surface area contributed by atoms with Gasteiger partial charge in [0, 0.05) is 19.7 Å². The first kappa shape index (κ1) is 19.7. The van der Waals surface area contributed by atoms with Crippen LogP contribution in [0, 0.1) is 0 Å². The molecular formula is C22H22N4O4. The number of fused-ring (bicyclic) bond motifs is 3. The van der Waals surface area contributed by atoms with Gasteiger partial charge in [0.2, 0.25) is 0 Å². The molecule has 1 N–H and O–H groups in total. The Morgan fingerprint density at radius 3 is 2.57 bits per heavy atom. The third-order valence-corrected chi connectivity index (χ3v) is 4.76. The van der Waals surface area contributed by atoms with Crippen molar-refractivity contribution in [3.63, 3.8) is 0 Å². The molecule has 0 spiro atoms. The number of carbonyl (C=O) groups is 1. The van der Waals surface area contributed by atoms with E-state index in [1.54, 1.807) is 23.8 Å². The van der Waals surface area contributed by atoms with Crippen molar-refractivity contribution in [2.75, 3.05) is 25.6 Å². The predicted molar refractivity (Wildman–Crippen MR) is 114 cm³/mol. The lowest BCUT2D eigenvalue weighted by molar-refractivity contribution is 0.102. The van der Waals surface area contributed by atoms with Gasteiger partial charge in [0.15, 0.2) is 5.69 Å². The van der Waals surface area contributed by atoms with E-state index in [-0.39, 0.29) is 11.3 Å². The smallest absolute Gasteiger partial charge is 0.277 e. The molecule has 0 atom stereocenters. The fourth-order valence-corrected chi connectivity index (χ4v) is 3.39. The summed E-state index contributed by atoms with van der Waals surface area (Å²) in [5.41, 5.74) is 2.25. The van der Waals surface area contributed by atoms with Gasteiger partial charge < -0.3 is 19.4 Å². The van der Waals surface area contributed by atoms with Gasteiger partial charge in [-0.2, -0.15) is 5.10 Å². The molecular weight excluding hydrogens is 384 g/mol. The molecule has 8 nitrogen and oxygen atoms in total. The molecule has 0 radical (unpaired) electrons. The fourth-order valence-electron chi connectivity index (χ4n) is 3.39. The summed E-state index contributed by atoms with van der Waals surface area (Å²) in [4.78, 5) is 25.9. The van der Waals surface area contributed by atoms with Crippen molar-refractivity contribution in [1.82, 2.24) is 14.2 Å². The van der Waals surface area contributed by atoms with E-state index in [1.807, 2.05) is 43.3 Å². The van der Waals surface area contributed by atoms with Gasteiger partial charge in [-0.1, -0.05) is 24.3 Å². The summed E-state index contributed by atoms with van der Waals surface area (Å²) in [5, 5.41) is 7.23. The highest BCUT2D eigenvalue weighted by molar-refractivity contribution is 6.04. The maximum atomic E-state index is 13.1. The number of para-hydroxylation sites is 4. The van der Waals surface area contributed by atoms with Gasteiger partial charge in [-0.3, -0.25) is 9.59 Å². The second-order valence-corrected chi connectivity index (χ2v) is 6.65. The Morgan fingerprint density at radius 2 is 1.80 bits per heavy atom. The molecule has 0 aliphatic heterocycles. The molecule has 8 heteroatoms. The summed E-state index contributed by atoms with van der Waals surface area (Å²) in [7, 11) is 1.59. The number of carbonyl (C=O) groups excluding carboxylic acids is 1. The number of nitrogens with one attached hydrogen (secondary N) is 1. The third-order valence-electron chi connectivity index (χ3n) is 4.76. The molecule has 2 aromatic carbocycles. The van der Waals surface area contributed by atoms with Crippen molar-refractivity contribution in [2.45, 2.75) is 13.5 Å². The number of hydrogen-bond acceptors (Lipinski definition) is 5. The molecule has 2 heterocycles. The molecule has 0 unspecified atom stereocenters. The molecule has 154 valence electrons. The summed E-state index contributed by atoms with van der Waals surface area (Å²) in [5.74, 6) is 0.155. The SMILES string of the molecule is CCOc1ccccc1NC(=O)c1cc2c(=O)n(CCOC)c3ccccc3n2n1. The van der Waals surface area contributed by atoms with E-state index in [0.29, 0.717) is 36.7 Å². The molecule has 2 aromatic heterocycles. The minimum absolute atomic E-state index is 0.146. The van der Waals surface area contributed by atoms with Crippen LogP contribution in [0.4, 0.5) is 5.69 Å². The highest BCUT2D eigenvalue weighted by Crippen LogP contribution is 2.24. The Hall–Kier alpha value is -3.65. The van der Waals surface area contributed by atoms with Crippen LogP contribution in [-0.2, 0) is 11.3 Å². The Labute approximate surface area is 172 Å². The Kier molecular flexibility index (Phi) is 5.49. The fraction of sp³-hybridized carbons (Fsp3) is 0.227. The average molecular weight is 406 g/mol. The van der Waals surface area contributed by atoms with Crippen molar-refractivity contribution in [3.8, 4) is 5.75 Å². The summed E-state index contributed by atoms with van der Waals surface area (Å²) in [6, 6.07) is 16.1. The number of nitrogens with zero attached hydrogens (tertiary/aromatic N) is 3. The van der Waals surface area contributed by atoms with Crippen LogP contribution in [0.2, 0.25) is 0 Å². The number of ether oxygens (including phenoxy) is 2. The number of amides is 1. The lowest BCUT2D eigenvalue weighted by Crippen LogP contribution is -2.24. The molecule has 0 fully saturated rings. The van der Waals surface area contributed by atoms with Gasteiger partial charge in [-0.15, -0.1) is 0 Å². The molecule has 0 bridgehead atoms. The largest absolute Gasteiger partial charge is 0.492 e. The van der Waals surface area contributed by atoms with Gasteiger partial charge >= 0.3 is 0 Å². The average Bonchev–Trinajstić information content (AvgIpc) is 3.22. The van der Waals surface area contributed by atoms with E-state index >= 15 is 0 Å². The molecule has 0 saturated heterocycles. The van der Waals surface area contributed by atoms with Gasteiger partial charge in [0.05, 0.1) is 29.9 Å². The van der Waals surface area contributed by atoms with Gasteiger partial charge in [0.1, 0.15) is 11.3 Å². The highest BCUT2D eigenvalue weighted by Gasteiger charge is 2.18. The maximum absolute atomic E-state index is 13.1. The second-order valence-electron chi connectivity index (χ2n) is 6.65. The van der Waals surface area contributed by atoms with Crippen LogP contribution in [0.3, 0.4) is 0 Å². The zero-order valence-electron chi connectivity index (χ0n) is 16.8. The Morgan fingerprint density at radius 1 is 1.07 bits per heavy atom. The maximum Gasteiger partial charge on any atom is 0.277 e. The predicted octanol–water partition coefficient (Wildman–Crippen LogP) is 2.95. The van der Waals surface area contributed by atoms with Gasteiger partial charge in [-0.25, -0.2) is 4.52 Å². The minimum atomic E-state index is -0.419. The Bertz CT molecular complexity index is 1280. The molecule has 0 aliphatic rings. The summed E-state index contributed by atoms with van der Waals surface area (Å²) in [6.07, 6.45) is 0. The summed E-state index contributed by atoms with van der Waals surface area (Å²) >= 11 is 0. The van der Waals surface area contributed by atoms with E-state index in [1.165, 1.54) is 10.6 Å². The number of methoxy groups -OCH3 is 1. The first-order valence-corrected chi connectivity index (χ1v) is 9.67. The van der Waals surface area contributed by atoms with Crippen LogP contribution < -0.4 is 15.6 Å². The van der Waals surface area contributed by atoms with Crippen molar-refractivity contribution in [1.29, 1.82) is 0 Å². The van der Waals surface area contributed by atoms with Crippen LogP contribution >= 0.6 is 0 Å². The second kappa shape index (κ2) is 8.38. The van der Waals surface area contributed by atoms with Crippen LogP contribution in [0.1, 0.15) is 17.4 Å². The summed E-state index contributed by atoms with van der Waals surface area (Å²) in [6.45, 7) is 3.16. The molecule has 0 aliphatic carbocycles. The third kappa shape index (κ3) is 3.53. The highest BCUT2D eigenvalue weighted by atomic mass is 16.5. The molecule has 1 amide bonds. The number of rotatable bonds is 7. The number of anilines is 1. The van der Waals surface area contributed by atoms with E-state index in [2.05, 4.69) is 10.4 Å². The van der Waals surface area contributed by atoms with E-state index in [0.717, 1.165) is 11.0 Å². The normalized spacial score (nSPS) is 11.1. The number of hydrogen-bond donors (Lipinski definition) is 1. The van der Waals surface area contributed by atoms with E-state index in [9.17, 15) is 9.59 Å². The zero-order chi connectivity index (χ0) is 21.1. The molecule has 0 saturated carbocycles. The van der Waals surface area contributed by atoms with E-state index in [4.69, 9.17) is 9.47 Å². The summed E-state index contributed by atoms with van der Waals surface area (Å²) < 4.78 is 13.9. The van der Waals surface area contributed by atoms with Crippen molar-refractivity contribution in [2.24, 2.45) is 0 Å². The van der Waals surface area contributed by atoms with Crippen molar-refractivity contribution >= 4 is 28.1 Å². The zero-order valence-corrected chi connectivity index (χ0v) is 16.8. The van der Waals surface area contributed by atoms with Crippen molar-refractivity contribution in [3.05, 3.63) is 70.6 Å². The lowest BCUT2D eigenvalue weighted by atomic mass is 10.2. The van der Waals surface area contributed by atoms with Crippen molar-refractivity contribution < 1.29 is 14.3 Å². The topological polar surface area (TPSA) is 86.9 Å². The number of benzene rings is 2.